The maximum atomic E-state index is 13.4. The number of carbonyl (C=O) groups is 2. The Morgan fingerprint density at radius 3 is 2.24 bits per heavy atom. The predicted molar refractivity (Wildman–Crippen MR) is 218 cm³/mol. The zero-order chi connectivity index (χ0) is 38.8. The van der Waals surface area contributed by atoms with Gasteiger partial charge in [0, 0.05) is 45.5 Å². The Morgan fingerprint density at radius 1 is 0.855 bits per heavy atom. The molecule has 13 heteroatoms. The smallest absolute Gasteiger partial charge is 0.408 e. The molecule has 6 heterocycles. The van der Waals surface area contributed by atoms with Crippen LogP contribution in [0.4, 0.5) is 26.9 Å². The van der Waals surface area contributed by atoms with Gasteiger partial charge in [-0.2, -0.15) is 0 Å². The van der Waals surface area contributed by atoms with Crippen LogP contribution < -0.4 is 20.9 Å². The summed E-state index contributed by atoms with van der Waals surface area (Å²) in [5, 5.41) is 9.93. The molecule has 1 spiro atoms. The molecule has 55 heavy (non-hydrogen) atoms. The standard InChI is InChI=1S/C42H58N10O3/c1-40(2,3)27-34(49-38(53)55-41(4,5)6)37-47-32-9-7-29(25-33(32)48-37)30-11-16-44-35(26-30)46-31-8-10-36(45-28-31)50-21-23-52(24-22-50)39(54)51-19-14-42(15-20-51)12-17-43-18-13-42/h7-11,16,25-26,28,34,43H,12-15,17-24,27H2,1-6H3,(H,44,46)(H,47,48)(H,49,53). The third kappa shape index (κ3) is 9.67. The number of piperazine rings is 1. The summed E-state index contributed by atoms with van der Waals surface area (Å²) in [6.45, 7) is 18.9. The van der Waals surface area contributed by atoms with E-state index in [0.717, 1.165) is 85.8 Å². The summed E-state index contributed by atoms with van der Waals surface area (Å²) in [5.41, 5.74) is 4.35. The number of nitrogens with one attached hydrogen (secondary N) is 4. The maximum absolute atomic E-state index is 13.4. The highest BCUT2D eigenvalue weighted by molar-refractivity contribution is 5.83. The monoisotopic (exact) mass is 750 g/mol. The molecular weight excluding hydrogens is 693 g/mol. The van der Waals surface area contributed by atoms with Crippen molar-refractivity contribution >= 4 is 40.5 Å². The lowest BCUT2D eigenvalue weighted by Crippen LogP contribution is -2.55. The SMILES string of the molecule is CC(C)(C)CC(NC(=O)OC(C)(C)C)c1nc2ccc(-c3ccnc(Nc4ccc(N5CCN(C(=O)N6CCC7(CCNCC7)CC6)CC5)nc4)c3)cc2[nH]1. The van der Waals surface area contributed by atoms with Gasteiger partial charge in [0.2, 0.25) is 0 Å². The minimum Gasteiger partial charge on any atom is -0.444 e. The van der Waals surface area contributed by atoms with Crippen molar-refractivity contribution in [1.29, 1.82) is 0 Å². The van der Waals surface area contributed by atoms with Crippen LogP contribution in [0.1, 0.15) is 85.5 Å². The van der Waals surface area contributed by atoms with Crippen LogP contribution in [-0.2, 0) is 4.74 Å². The molecule has 13 nitrogen and oxygen atoms in total. The van der Waals surface area contributed by atoms with Crippen molar-refractivity contribution in [2.45, 2.75) is 85.3 Å². The van der Waals surface area contributed by atoms with Gasteiger partial charge >= 0.3 is 12.1 Å². The Balaban J connectivity index is 0.949. The molecule has 3 amide bonds. The lowest BCUT2D eigenvalue weighted by molar-refractivity contribution is 0.0489. The molecule has 0 saturated carbocycles. The van der Waals surface area contributed by atoms with Crippen LogP contribution >= 0.6 is 0 Å². The first kappa shape index (κ1) is 38.4. The number of aromatic amines is 1. The number of piperidine rings is 2. The number of hydrogen-bond donors (Lipinski definition) is 4. The van der Waals surface area contributed by atoms with Crippen molar-refractivity contribution in [2.75, 3.05) is 62.6 Å². The number of hydrogen-bond acceptors (Lipinski definition) is 9. The van der Waals surface area contributed by atoms with E-state index in [-0.39, 0.29) is 17.5 Å². The summed E-state index contributed by atoms with van der Waals surface area (Å²) in [4.78, 5) is 50.1. The molecule has 0 radical (unpaired) electrons. The second-order valence-corrected chi connectivity index (χ2v) is 17.8. The maximum Gasteiger partial charge on any atom is 0.408 e. The average Bonchev–Trinajstić information content (AvgIpc) is 3.58. The minimum absolute atomic E-state index is 0.0545. The number of rotatable bonds is 7. The number of fused-ring (bicyclic) bond motifs is 1. The van der Waals surface area contributed by atoms with Crippen LogP contribution in [0.2, 0.25) is 0 Å². The second-order valence-electron chi connectivity index (χ2n) is 17.8. The number of urea groups is 1. The molecule has 3 aliphatic rings. The van der Waals surface area contributed by atoms with Gasteiger partial charge in [-0.3, -0.25) is 0 Å². The van der Waals surface area contributed by atoms with Crippen LogP contribution in [-0.4, -0.2) is 99.8 Å². The van der Waals surface area contributed by atoms with Crippen molar-refractivity contribution in [3.63, 3.8) is 0 Å². The van der Waals surface area contributed by atoms with Gasteiger partial charge in [-0.1, -0.05) is 26.8 Å². The van der Waals surface area contributed by atoms with E-state index in [9.17, 15) is 9.59 Å². The summed E-state index contributed by atoms with van der Waals surface area (Å²) in [7, 11) is 0. The number of pyridine rings is 2. The Bertz CT molecular complexity index is 1940. The van der Waals surface area contributed by atoms with Crippen LogP contribution in [0.15, 0.2) is 54.9 Å². The van der Waals surface area contributed by atoms with E-state index in [1.165, 1.54) is 12.8 Å². The minimum atomic E-state index is -0.596. The van der Waals surface area contributed by atoms with Gasteiger partial charge in [0.05, 0.1) is 29.0 Å². The molecule has 3 saturated heterocycles. The van der Waals surface area contributed by atoms with Crippen LogP contribution in [0.5, 0.6) is 0 Å². The normalized spacial score (nSPS) is 18.3. The highest BCUT2D eigenvalue weighted by Crippen LogP contribution is 2.40. The molecule has 294 valence electrons. The fourth-order valence-corrected chi connectivity index (χ4v) is 8.08. The van der Waals surface area contributed by atoms with E-state index >= 15 is 0 Å². The van der Waals surface area contributed by atoms with E-state index in [1.807, 2.05) is 68.3 Å². The van der Waals surface area contributed by atoms with Gasteiger partial charge in [-0.05, 0) is 124 Å². The van der Waals surface area contributed by atoms with E-state index in [4.69, 9.17) is 14.7 Å². The Hall–Kier alpha value is -4.91. The Labute approximate surface area is 325 Å². The van der Waals surface area contributed by atoms with Crippen molar-refractivity contribution in [2.24, 2.45) is 10.8 Å². The number of H-pyrrole nitrogens is 1. The van der Waals surface area contributed by atoms with E-state index in [0.29, 0.717) is 36.6 Å². The Morgan fingerprint density at radius 2 is 1.56 bits per heavy atom. The summed E-state index contributed by atoms with van der Waals surface area (Å²) in [6.07, 6.45) is 8.58. The molecule has 4 aromatic rings. The summed E-state index contributed by atoms with van der Waals surface area (Å²) in [5.74, 6) is 2.31. The fraction of sp³-hybridized carbons (Fsp3) is 0.548. The number of anilines is 3. The van der Waals surface area contributed by atoms with E-state index < -0.39 is 11.7 Å². The van der Waals surface area contributed by atoms with Crippen LogP contribution in [0.25, 0.3) is 22.2 Å². The molecule has 0 aliphatic carbocycles. The van der Waals surface area contributed by atoms with Gasteiger partial charge in [0.25, 0.3) is 0 Å². The molecule has 3 fully saturated rings. The van der Waals surface area contributed by atoms with Crippen LogP contribution in [0.3, 0.4) is 0 Å². The lowest BCUT2D eigenvalue weighted by Gasteiger charge is -2.46. The first-order valence-corrected chi connectivity index (χ1v) is 19.9. The van der Waals surface area contributed by atoms with E-state index in [2.05, 4.69) is 62.6 Å². The molecular formula is C42H58N10O3. The van der Waals surface area contributed by atoms with Crippen molar-refractivity contribution < 1.29 is 14.3 Å². The number of alkyl carbamates (subject to hydrolysis) is 1. The van der Waals surface area contributed by atoms with Crippen molar-refractivity contribution in [3.05, 3.63) is 60.7 Å². The largest absolute Gasteiger partial charge is 0.444 e. The number of amides is 3. The molecule has 3 aromatic heterocycles. The van der Waals surface area contributed by atoms with Gasteiger partial charge in [-0.25, -0.2) is 24.5 Å². The molecule has 1 aromatic carbocycles. The highest BCUT2D eigenvalue weighted by Gasteiger charge is 2.38. The lowest BCUT2D eigenvalue weighted by atomic mass is 9.72. The Kier molecular flexibility index (Phi) is 10.9. The molecule has 4 N–H and O–H groups in total. The number of carbonyl (C=O) groups excluding carboxylic acids is 2. The number of benzene rings is 1. The van der Waals surface area contributed by atoms with Gasteiger partial charge in [0.1, 0.15) is 23.1 Å². The average molecular weight is 751 g/mol. The number of ether oxygens (including phenoxy) is 1. The number of likely N-dealkylation sites (tertiary alicyclic amines) is 1. The fourth-order valence-electron chi connectivity index (χ4n) is 8.08. The number of nitrogens with zero attached hydrogens (tertiary/aromatic N) is 6. The predicted octanol–water partition coefficient (Wildman–Crippen LogP) is 7.47. The quantitative estimate of drug-likeness (QED) is 0.151. The summed E-state index contributed by atoms with van der Waals surface area (Å²) in [6, 6.07) is 14.0. The second kappa shape index (κ2) is 15.7. The zero-order valence-corrected chi connectivity index (χ0v) is 33.4. The van der Waals surface area contributed by atoms with Gasteiger partial charge in [0.15, 0.2) is 0 Å². The summed E-state index contributed by atoms with van der Waals surface area (Å²) < 4.78 is 5.56. The zero-order valence-electron chi connectivity index (χ0n) is 33.4. The van der Waals surface area contributed by atoms with Crippen LogP contribution in [0, 0.1) is 10.8 Å². The molecule has 1 unspecified atom stereocenters. The first-order chi connectivity index (χ1) is 26.2. The highest BCUT2D eigenvalue weighted by atomic mass is 16.6. The molecule has 0 bridgehead atoms. The third-order valence-electron chi connectivity index (χ3n) is 11.1. The van der Waals surface area contributed by atoms with Crippen molar-refractivity contribution in [3.8, 4) is 11.1 Å². The molecule has 3 aliphatic heterocycles. The third-order valence-corrected chi connectivity index (χ3v) is 11.1. The topological polar surface area (TPSA) is 144 Å². The van der Waals surface area contributed by atoms with Crippen molar-refractivity contribution in [1.82, 2.24) is 40.4 Å². The molecule has 7 rings (SSSR count). The first-order valence-electron chi connectivity index (χ1n) is 19.9. The molecule has 1 atom stereocenters. The van der Waals surface area contributed by atoms with Gasteiger partial charge in [-0.15, -0.1) is 0 Å². The number of aromatic nitrogens is 4. The number of imidazole rings is 1. The van der Waals surface area contributed by atoms with E-state index in [1.54, 1.807) is 6.20 Å². The van der Waals surface area contributed by atoms with Gasteiger partial charge < -0.3 is 40.4 Å². The summed E-state index contributed by atoms with van der Waals surface area (Å²) >= 11 is 0.